The zero-order valence-corrected chi connectivity index (χ0v) is 22.6. The molecule has 0 amide bonds. The maximum atomic E-state index is 14.7. The van der Waals surface area contributed by atoms with E-state index in [2.05, 4.69) is 10.2 Å². The Morgan fingerprint density at radius 1 is 0.902 bits per heavy atom. The molecule has 1 saturated carbocycles. The molecule has 0 atom stereocenters. The monoisotopic (exact) mass is 605 g/mol. The summed E-state index contributed by atoms with van der Waals surface area (Å²) < 4.78 is 112. The number of hydrogen-bond acceptors (Lipinski definition) is 4. The molecule has 1 spiro atoms. The number of anilines is 1. The Bertz CT molecular complexity index is 1520. The summed E-state index contributed by atoms with van der Waals surface area (Å²) in [5.41, 5.74) is -3.45. The van der Waals surface area contributed by atoms with Crippen molar-refractivity contribution in [1.82, 2.24) is 19.7 Å². The first-order valence-electron chi connectivity index (χ1n) is 12.9. The van der Waals surface area contributed by atoms with Crippen molar-refractivity contribution in [2.45, 2.75) is 63.6 Å². The number of aromatic nitrogens is 3. The average Bonchev–Trinajstić information content (AvgIpc) is 3.11. The molecule has 0 unspecified atom stereocenters. The van der Waals surface area contributed by atoms with E-state index in [-0.39, 0.29) is 43.2 Å². The van der Waals surface area contributed by atoms with Gasteiger partial charge in [-0.25, -0.2) is 8.78 Å². The lowest BCUT2D eigenvalue weighted by molar-refractivity contribution is -0.224. The summed E-state index contributed by atoms with van der Waals surface area (Å²) in [7, 11) is 0. The lowest BCUT2D eigenvalue weighted by atomic mass is 9.57. The molecule has 3 aromatic rings. The first-order valence-corrected chi connectivity index (χ1v) is 13.2. The first-order chi connectivity index (χ1) is 19.0. The van der Waals surface area contributed by atoms with Gasteiger partial charge in [-0.1, -0.05) is 11.6 Å². The van der Waals surface area contributed by atoms with Crippen molar-refractivity contribution in [2.75, 3.05) is 18.0 Å². The molecule has 1 saturated heterocycles. The van der Waals surface area contributed by atoms with Crippen molar-refractivity contribution >= 4 is 17.3 Å². The van der Waals surface area contributed by atoms with Gasteiger partial charge in [0.1, 0.15) is 22.7 Å². The molecule has 2 aliphatic heterocycles. The molecule has 1 aromatic heterocycles. The van der Waals surface area contributed by atoms with Crippen LogP contribution in [0.15, 0.2) is 30.3 Å². The summed E-state index contributed by atoms with van der Waals surface area (Å²) in [6, 6.07) is 6.64. The molecule has 5 nitrogen and oxygen atoms in total. The van der Waals surface area contributed by atoms with E-state index in [9.17, 15) is 35.1 Å². The number of fused-ring (bicyclic) bond motifs is 3. The minimum atomic E-state index is -5.16. The summed E-state index contributed by atoms with van der Waals surface area (Å²) in [5.74, 6) is -2.49. The normalized spacial score (nSPS) is 19.4. The van der Waals surface area contributed by atoms with Gasteiger partial charge in [0.25, 0.3) is 0 Å². The molecule has 14 heteroatoms. The Kier molecular flexibility index (Phi) is 6.21. The van der Waals surface area contributed by atoms with Gasteiger partial charge in [-0.2, -0.15) is 26.3 Å². The highest BCUT2D eigenvalue weighted by Crippen LogP contribution is 2.57. The third-order valence-electron chi connectivity index (χ3n) is 8.69. The van der Waals surface area contributed by atoms with E-state index in [1.54, 1.807) is 22.8 Å². The Labute approximate surface area is 234 Å². The van der Waals surface area contributed by atoms with Gasteiger partial charge < -0.3 is 4.90 Å². The van der Waals surface area contributed by atoms with Crippen LogP contribution in [-0.4, -0.2) is 44.5 Å². The molecule has 6 rings (SSSR count). The van der Waals surface area contributed by atoms with Crippen LogP contribution in [-0.2, 0) is 19.3 Å². The topological polar surface area (TPSA) is 37.2 Å². The van der Waals surface area contributed by atoms with Gasteiger partial charge in [-0.15, -0.1) is 10.2 Å². The fraction of sp³-hybridized carbons (Fsp3) is 0.481. The predicted molar refractivity (Wildman–Crippen MR) is 134 cm³/mol. The van der Waals surface area contributed by atoms with Crippen molar-refractivity contribution in [2.24, 2.45) is 5.41 Å². The van der Waals surface area contributed by atoms with Gasteiger partial charge in [0.15, 0.2) is 11.6 Å². The molecule has 2 fully saturated rings. The summed E-state index contributed by atoms with van der Waals surface area (Å²) in [5, 5.41) is 9.00. The molecule has 3 aliphatic rings. The maximum Gasteiger partial charge on any atom is 0.422 e. The lowest BCUT2D eigenvalue weighted by Crippen LogP contribution is -2.62. The lowest BCUT2D eigenvalue weighted by Gasteiger charge is -2.59. The third kappa shape index (κ3) is 4.46. The molecule has 41 heavy (non-hydrogen) atoms. The van der Waals surface area contributed by atoms with E-state index in [1.807, 2.05) is 0 Å². The Morgan fingerprint density at radius 2 is 1.56 bits per heavy atom. The van der Waals surface area contributed by atoms with E-state index in [1.165, 1.54) is 9.80 Å². The van der Waals surface area contributed by atoms with Crippen LogP contribution in [0.1, 0.15) is 55.4 Å². The minimum absolute atomic E-state index is 0.0160. The minimum Gasteiger partial charge on any atom is -0.368 e. The first kappa shape index (κ1) is 28.2. The van der Waals surface area contributed by atoms with Crippen LogP contribution in [0, 0.1) is 17.0 Å². The smallest absolute Gasteiger partial charge is 0.368 e. The van der Waals surface area contributed by atoms with Gasteiger partial charge >= 0.3 is 12.4 Å². The van der Waals surface area contributed by atoms with Crippen molar-refractivity contribution in [3.05, 3.63) is 69.8 Å². The average molecular weight is 606 g/mol. The maximum absolute atomic E-state index is 14.7. The van der Waals surface area contributed by atoms with Crippen LogP contribution in [0.25, 0.3) is 5.69 Å². The zero-order valence-electron chi connectivity index (χ0n) is 21.8. The quantitative estimate of drug-likeness (QED) is 0.295. The van der Waals surface area contributed by atoms with Crippen LogP contribution in [0.2, 0.25) is 5.02 Å². The fourth-order valence-electron chi connectivity index (χ4n) is 6.27. The number of rotatable bonds is 3. The molecule has 0 bridgehead atoms. The van der Waals surface area contributed by atoms with Crippen molar-refractivity contribution in [1.29, 1.82) is 0 Å². The van der Waals surface area contributed by atoms with Crippen molar-refractivity contribution < 1.29 is 35.1 Å². The number of hydrogen-bond donors (Lipinski definition) is 0. The van der Waals surface area contributed by atoms with E-state index < -0.39 is 35.1 Å². The van der Waals surface area contributed by atoms with Crippen LogP contribution >= 0.6 is 11.6 Å². The van der Waals surface area contributed by atoms with Crippen LogP contribution in [0.3, 0.4) is 0 Å². The zero-order chi connectivity index (χ0) is 29.7. The van der Waals surface area contributed by atoms with E-state index in [0.717, 1.165) is 19.9 Å². The number of nitrogens with zero attached hydrogens (tertiary/aromatic N) is 5. The van der Waals surface area contributed by atoms with Crippen molar-refractivity contribution in [3.63, 3.8) is 0 Å². The second-order valence-electron chi connectivity index (χ2n) is 11.7. The molecule has 3 heterocycles. The Hall–Kier alpha value is -2.93. The van der Waals surface area contributed by atoms with E-state index >= 15 is 0 Å². The highest BCUT2D eigenvalue weighted by atomic mass is 35.5. The highest BCUT2D eigenvalue weighted by Gasteiger charge is 2.56. The SMILES string of the molecule is CC(C)(N1Cc2cc(Cl)ccc2-n2c(nnc2C2CC3(C2)CN(c2ccc(F)c(C(F)(F)F)c2F)C3)C1)C(F)(F)F. The van der Waals surface area contributed by atoms with Crippen LogP contribution in [0.5, 0.6) is 0 Å². The molecule has 2 aromatic carbocycles. The fourth-order valence-corrected chi connectivity index (χ4v) is 6.47. The number of halogens is 9. The summed E-state index contributed by atoms with van der Waals surface area (Å²) in [6.45, 7) is 2.67. The molecule has 0 N–H and O–H groups in total. The molecule has 0 radical (unpaired) electrons. The second-order valence-corrected chi connectivity index (χ2v) is 12.1. The van der Waals surface area contributed by atoms with Gasteiger partial charge in [-0.3, -0.25) is 9.47 Å². The number of alkyl halides is 6. The van der Waals surface area contributed by atoms with Gasteiger partial charge in [-0.05, 0) is 62.6 Å². The van der Waals surface area contributed by atoms with Crippen LogP contribution < -0.4 is 4.90 Å². The predicted octanol–water partition coefficient (Wildman–Crippen LogP) is 7.26. The third-order valence-corrected chi connectivity index (χ3v) is 8.92. The summed E-state index contributed by atoms with van der Waals surface area (Å²) in [6.07, 6.45) is -8.51. The van der Waals surface area contributed by atoms with Gasteiger partial charge in [0.2, 0.25) is 0 Å². The summed E-state index contributed by atoms with van der Waals surface area (Å²) >= 11 is 6.21. The molecular weight excluding hydrogens is 582 g/mol. The Balaban J connectivity index is 1.25. The standard InChI is InChI=1S/C27H24ClF8N5/c1-24(2,27(34,35)36)40-10-14-7-16(28)3-5-18(14)41-20(11-40)37-38-23(41)15-8-25(9-15)12-39(13-25)19-6-4-17(29)21(22(19)30)26(31,32)33/h3-7,15H,8-13H2,1-2H3. The highest BCUT2D eigenvalue weighted by molar-refractivity contribution is 6.30. The van der Waals surface area contributed by atoms with Gasteiger partial charge in [0, 0.05) is 36.0 Å². The van der Waals surface area contributed by atoms with Crippen LogP contribution in [0.4, 0.5) is 40.8 Å². The van der Waals surface area contributed by atoms with Crippen molar-refractivity contribution in [3.8, 4) is 5.69 Å². The largest absolute Gasteiger partial charge is 0.422 e. The van der Waals surface area contributed by atoms with E-state index in [0.29, 0.717) is 46.8 Å². The molecular formula is C27H24ClF8N5. The number of benzene rings is 2. The summed E-state index contributed by atoms with van der Waals surface area (Å²) in [4.78, 5) is 2.75. The van der Waals surface area contributed by atoms with E-state index in [4.69, 9.17) is 11.6 Å². The molecule has 1 aliphatic carbocycles. The Morgan fingerprint density at radius 3 is 2.20 bits per heavy atom. The van der Waals surface area contributed by atoms with Gasteiger partial charge in [0.05, 0.1) is 17.9 Å². The second kappa shape index (κ2) is 9.03. The molecule has 220 valence electrons.